The first-order valence-corrected chi connectivity index (χ1v) is 7.28. The number of aryl methyl sites for hydroxylation is 1. The lowest BCUT2D eigenvalue weighted by Crippen LogP contribution is -2.18. The van der Waals surface area contributed by atoms with E-state index in [0.29, 0.717) is 16.6 Å². The van der Waals surface area contributed by atoms with Gasteiger partial charge in [0.25, 0.3) is 11.2 Å². The predicted octanol–water partition coefficient (Wildman–Crippen LogP) is 2.41. The second kappa shape index (κ2) is 6.07. The molecule has 3 aromatic rings. The van der Waals surface area contributed by atoms with Crippen molar-refractivity contribution < 1.29 is 4.92 Å². The summed E-state index contributed by atoms with van der Waals surface area (Å²) in [5.74, 6) is 0. The fourth-order valence-corrected chi connectivity index (χ4v) is 2.55. The molecule has 0 aliphatic rings. The zero-order valence-electron chi connectivity index (χ0n) is 13.1. The van der Waals surface area contributed by atoms with Crippen LogP contribution in [0.15, 0.2) is 47.7 Å². The van der Waals surface area contributed by atoms with Crippen molar-refractivity contribution in [3.63, 3.8) is 0 Å². The molecule has 8 nitrogen and oxygen atoms in total. The first-order chi connectivity index (χ1) is 11.5. The third-order valence-electron chi connectivity index (χ3n) is 3.86. The Hall–Kier alpha value is -3.29. The summed E-state index contributed by atoms with van der Waals surface area (Å²) in [5, 5.41) is 14.9. The molecule has 0 radical (unpaired) electrons. The molecule has 2 aromatic heterocycles. The van der Waals surface area contributed by atoms with E-state index >= 15 is 0 Å². The van der Waals surface area contributed by atoms with Crippen LogP contribution in [0.4, 0.5) is 11.4 Å². The molecule has 2 heterocycles. The van der Waals surface area contributed by atoms with Gasteiger partial charge in [-0.15, -0.1) is 0 Å². The maximum Gasteiger partial charge on any atom is 0.270 e. The fourth-order valence-electron chi connectivity index (χ4n) is 2.55. The molecule has 0 amide bonds. The van der Waals surface area contributed by atoms with Crippen LogP contribution >= 0.6 is 0 Å². The maximum absolute atomic E-state index is 12.2. The van der Waals surface area contributed by atoms with Crippen molar-refractivity contribution in [2.24, 2.45) is 7.05 Å². The topological polar surface area (TPSA) is 103 Å². The summed E-state index contributed by atoms with van der Waals surface area (Å²) in [4.78, 5) is 30.8. The Morgan fingerprint density at radius 1 is 1.29 bits per heavy atom. The highest BCUT2D eigenvalue weighted by Gasteiger charge is 2.14. The van der Waals surface area contributed by atoms with Crippen molar-refractivity contribution in [2.75, 3.05) is 5.32 Å². The zero-order valence-corrected chi connectivity index (χ0v) is 13.1. The number of nitrogens with zero attached hydrogens (tertiary/aromatic N) is 4. The number of fused-ring (bicyclic) bond motifs is 1. The minimum absolute atomic E-state index is 0.0288. The third-order valence-corrected chi connectivity index (χ3v) is 3.86. The number of aromatic nitrogens is 3. The summed E-state index contributed by atoms with van der Waals surface area (Å²) >= 11 is 0. The van der Waals surface area contributed by atoms with Crippen molar-refractivity contribution in [2.45, 2.75) is 13.0 Å². The molecule has 122 valence electrons. The molecular weight excluding hydrogens is 310 g/mol. The Balaban J connectivity index is 2.12. The summed E-state index contributed by atoms with van der Waals surface area (Å²) in [6.45, 7) is 1.89. The van der Waals surface area contributed by atoms with Gasteiger partial charge in [-0.1, -0.05) is 0 Å². The van der Waals surface area contributed by atoms with E-state index in [0.717, 1.165) is 5.69 Å². The number of nitro groups is 1. The van der Waals surface area contributed by atoms with Crippen molar-refractivity contribution >= 4 is 22.3 Å². The molecular formula is C16H15N5O3. The van der Waals surface area contributed by atoms with Crippen molar-refractivity contribution in [3.05, 3.63) is 69.0 Å². The normalized spacial score (nSPS) is 12.1. The van der Waals surface area contributed by atoms with Gasteiger partial charge < -0.3 is 9.88 Å². The summed E-state index contributed by atoms with van der Waals surface area (Å²) < 4.78 is 1.46. The molecule has 24 heavy (non-hydrogen) atoms. The van der Waals surface area contributed by atoms with Crippen LogP contribution in [0.3, 0.4) is 0 Å². The Morgan fingerprint density at radius 3 is 2.75 bits per heavy atom. The first kappa shape index (κ1) is 15.6. The van der Waals surface area contributed by atoms with Gasteiger partial charge in [0.1, 0.15) is 6.33 Å². The minimum Gasteiger partial charge on any atom is -0.376 e. The average Bonchev–Trinajstić information content (AvgIpc) is 2.59. The molecule has 1 N–H and O–H groups in total. The fraction of sp³-hybridized carbons (Fsp3) is 0.188. The van der Waals surface area contributed by atoms with Crippen LogP contribution in [-0.2, 0) is 7.05 Å². The van der Waals surface area contributed by atoms with Gasteiger partial charge in [-0.3, -0.25) is 14.9 Å². The molecule has 0 saturated carbocycles. The second-order valence-electron chi connectivity index (χ2n) is 5.41. The number of pyridine rings is 1. The quantitative estimate of drug-likeness (QED) is 0.583. The highest BCUT2D eigenvalue weighted by molar-refractivity contribution is 5.93. The molecule has 1 aromatic carbocycles. The lowest BCUT2D eigenvalue weighted by molar-refractivity contribution is -0.384. The van der Waals surface area contributed by atoms with E-state index in [1.165, 1.54) is 29.1 Å². The number of hydrogen-bond donors (Lipinski definition) is 1. The average molecular weight is 325 g/mol. The highest BCUT2D eigenvalue weighted by Crippen LogP contribution is 2.28. The Labute approximate surface area is 136 Å². The lowest BCUT2D eigenvalue weighted by Gasteiger charge is -2.17. The van der Waals surface area contributed by atoms with Crippen LogP contribution in [0.2, 0.25) is 0 Å². The van der Waals surface area contributed by atoms with Crippen LogP contribution in [0.5, 0.6) is 0 Å². The number of nitrogens with one attached hydrogen (secondary N) is 1. The van der Waals surface area contributed by atoms with Gasteiger partial charge in [0, 0.05) is 42.5 Å². The van der Waals surface area contributed by atoms with Crippen LogP contribution in [-0.4, -0.2) is 19.5 Å². The van der Waals surface area contributed by atoms with E-state index in [-0.39, 0.29) is 17.3 Å². The number of nitro benzene ring substituents is 1. The highest BCUT2D eigenvalue weighted by atomic mass is 16.6. The van der Waals surface area contributed by atoms with E-state index in [2.05, 4.69) is 15.3 Å². The van der Waals surface area contributed by atoms with E-state index in [4.69, 9.17) is 0 Å². The molecule has 0 bridgehead atoms. The van der Waals surface area contributed by atoms with Gasteiger partial charge in [-0.05, 0) is 19.1 Å². The molecule has 8 heteroatoms. The Morgan fingerprint density at radius 2 is 2.08 bits per heavy atom. The van der Waals surface area contributed by atoms with E-state index in [9.17, 15) is 14.9 Å². The number of benzene rings is 1. The van der Waals surface area contributed by atoms with Gasteiger partial charge in [0.05, 0.1) is 22.2 Å². The SMILES string of the molecule is CC(Nc1cc(=O)n(C)c2ccc([N+](=O)[O-])cc12)c1ccncn1. The maximum atomic E-state index is 12.2. The van der Waals surface area contributed by atoms with Gasteiger partial charge in [0.15, 0.2) is 0 Å². The van der Waals surface area contributed by atoms with Crippen molar-refractivity contribution in [1.82, 2.24) is 14.5 Å². The van der Waals surface area contributed by atoms with Crippen LogP contribution in [0, 0.1) is 10.1 Å². The lowest BCUT2D eigenvalue weighted by atomic mass is 10.1. The summed E-state index contributed by atoms with van der Waals surface area (Å²) in [7, 11) is 1.63. The van der Waals surface area contributed by atoms with Crippen molar-refractivity contribution in [1.29, 1.82) is 0 Å². The summed E-state index contributed by atoms with van der Waals surface area (Å²) in [6, 6.07) is 7.44. The van der Waals surface area contributed by atoms with E-state index in [1.807, 2.05) is 6.92 Å². The van der Waals surface area contributed by atoms with Crippen LogP contribution in [0.1, 0.15) is 18.7 Å². The monoisotopic (exact) mass is 325 g/mol. The van der Waals surface area contributed by atoms with Crippen LogP contribution in [0.25, 0.3) is 10.9 Å². The van der Waals surface area contributed by atoms with E-state index < -0.39 is 4.92 Å². The summed E-state index contributed by atoms with van der Waals surface area (Å²) in [6.07, 6.45) is 3.08. The predicted molar refractivity (Wildman–Crippen MR) is 89.9 cm³/mol. The zero-order chi connectivity index (χ0) is 17.3. The third kappa shape index (κ3) is 2.81. The standard InChI is InChI=1S/C16H15N5O3/c1-10(13-5-6-17-9-18-13)19-14-8-16(22)20(2)15-4-3-11(21(23)24)7-12(14)15/h3-10,19H,1-2H3. The second-order valence-corrected chi connectivity index (χ2v) is 5.41. The molecule has 3 rings (SSSR count). The van der Waals surface area contributed by atoms with Gasteiger partial charge in [0.2, 0.25) is 0 Å². The number of anilines is 1. The number of non-ortho nitro benzene ring substituents is 1. The molecule has 0 saturated heterocycles. The van der Waals surface area contributed by atoms with Gasteiger partial charge in [-0.25, -0.2) is 9.97 Å². The Bertz CT molecular complexity index is 969. The largest absolute Gasteiger partial charge is 0.376 e. The molecule has 0 spiro atoms. The minimum atomic E-state index is -0.456. The molecule has 1 unspecified atom stereocenters. The molecule has 1 atom stereocenters. The van der Waals surface area contributed by atoms with Crippen LogP contribution < -0.4 is 10.9 Å². The van der Waals surface area contributed by atoms with Gasteiger partial charge in [-0.2, -0.15) is 0 Å². The smallest absolute Gasteiger partial charge is 0.270 e. The number of rotatable bonds is 4. The molecule has 0 aliphatic carbocycles. The van der Waals surface area contributed by atoms with Crippen molar-refractivity contribution in [3.8, 4) is 0 Å². The summed E-state index contributed by atoms with van der Waals surface area (Å²) in [5.41, 5.74) is 1.67. The number of hydrogen-bond acceptors (Lipinski definition) is 6. The van der Waals surface area contributed by atoms with E-state index in [1.54, 1.807) is 25.4 Å². The first-order valence-electron chi connectivity index (χ1n) is 7.28. The molecule has 0 aliphatic heterocycles. The van der Waals surface area contributed by atoms with Gasteiger partial charge >= 0.3 is 0 Å². The molecule has 0 fully saturated rings. The Kier molecular flexibility index (Phi) is 3.95.